The third kappa shape index (κ3) is 5.53. The van der Waals surface area contributed by atoms with E-state index >= 15 is 0 Å². The Hall–Kier alpha value is -1.80. The molecule has 1 aliphatic heterocycles. The fourth-order valence-electron chi connectivity index (χ4n) is 2.38. The van der Waals surface area contributed by atoms with Gasteiger partial charge >= 0.3 is 6.36 Å². The van der Waals surface area contributed by atoms with Crippen LogP contribution in [-0.4, -0.2) is 42.8 Å². The van der Waals surface area contributed by atoms with E-state index in [9.17, 15) is 18.0 Å². The monoisotopic (exact) mass is 317 g/mol. The minimum Gasteiger partial charge on any atom is -0.406 e. The number of ether oxygens (including phenoxy) is 1. The lowest BCUT2D eigenvalue weighted by molar-refractivity contribution is -0.274. The molecule has 1 aromatic carbocycles. The summed E-state index contributed by atoms with van der Waals surface area (Å²) in [6.07, 6.45) is -2.81. The van der Waals surface area contributed by atoms with Crippen LogP contribution in [0.25, 0.3) is 0 Å². The number of nitrogens with zero attached hydrogens (tertiary/aromatic N) is 1. The maximum Gasteiger partial charge on any atom is 0.573 e. The molecule has 1 atom stereocenters. The second kappa shape index (κ2) is 6.97. The van der Waals surface area contributed by atoms with Gasteiger partial charge in [0, 0.05) is 18.3 Å². The Bertz CT molecular complexity index is 505. The van der Waals surface area contributed by atoms with E-state index in [1.165, 1.54) is 12.1 Å². The first-order valence-electron chi connectivity index (χ1n) is 6.95. The first kappa shape index (κ1) is 16.6. The summed E-state index contributed by atoms with van der Waals surface area (Å²) in [7, 11) is 0. The summed E-state index contributed by atoms with van der Waals surface area (Å²) in [5.74, 6) is -0.550. The van der Waals surface area contributed by atoms with Crippen LogP contribution in [0.1, 0.15) is 12.8 Å². The van der Waals surface area contributed by atoms with Gasteiger partial charge in [0.1, 0.15) is 5.75 Å². The van der Waals surface area contributed by atoms with Crippen molar-refractivity contribution in [3.63, 3.8) is 0 Å². The van der Waals surface area contributed by atoms with Crippen molar-refractivity contribution in [1.82, 2.24) is 4.90 Å². The van der Waals surface area contributed by atoms with E-state index in [0.717, 1.165) is 31.5 Å². The van der Waals surface area contributed by atoms with Crippen LogP contribution in [0, 0.1) is 0 Å². The number of amides is 1. The van der Waals surface area contributed by atoms with E-state index in [2.05, 4.69) is 10.1 Å². The fraction of sp³-hybridized carbons (Fsp3) is 0.500. The molecule has 22 heavy (non-hydrogen) atoms. The van der Waals surface area contributed by atoms with Crippen molar-refractivity contribution in [2.45, 2.75) is 25.2 Å². The lowest BCUT2D eigenvalue weighted by Crippen LogP contribution is -2.45. The number of alkyl halides is 3. The number of nitrogens with two attached hydrogens (primary N) is 1. The predicted molar refractivity (Wildman–Crippen MR) is 75.4 cm³/mol. The van der Waals surface area contributed by atoms with Gasteiger partial charge in [-0.15, -0.1) is 13.2 Å². The van der Waals surface area contributed by atoms with Gasteiger partial charge in [-0.1, -0.05) is 0 Å². The molecule has 0 aromatic heterocycles. The van der Waals surface area contributed by atoms with Crippen molar-refractivity contribution in [2.24, 2.45) is 5.73 Å². The first-order chi connectivity index (χ1) is 10.3. The molecule has 1 amide bonds. The lowest BCUT2D eigenvalue weighted by atomic mass is 10.1. The number of anilines is 1. The summed E-state index contributed by atoms with van der Waals surface area (Å²) < 4.78 is 39.9. The average Bonchev–Trinajstić information content (AvgIpc) is 2.39. The van der Waals surface area contributed by atoms with Gasteiger partial charge in [0.2, 0.25) is 5.91 Å². The summed E-state index contributed by atoms with van der Waals surface area (Å²) in [6, 6.07) is 5.11. The molecule has 8 heteroatoms. The van der Waals surface area contributed by atoms with E-state index in [1.807, 2.05) is 4.90 Å². The van der Waals surface area contributed by atoms with Gasteiger partial charge in [-0.05, 0) is 43.7 Å². The Balaban J connectivity index is 1.83. The van der Waals surface area contributed by atoms with E-state index in [1.54, 1.807) is 0 Å². The Morgan fingerprint density at radius 3 is 2.64 bits per heavy atom. The molecular formula is C14H18F3N3O2. The zero-order valence-electron chi connectivity index (χ0n) is 11.9. The maximum atomic E-state index is 12.0. The van der Waals surface area contributed by atoms with E-state index in [-0.39, 0.29) is 24.2 Å². The highest BCUT2D eigenvalue weighted by Gasteiger charge is 2.31. The van der Waals surface area contributed by atoms with E-state index in [0.29, 0.717) is 12.2 Å². The quantitative estimate of drug-likeness (QED) is 0.891. The summed E-state index contributed by atoms with van der Waals surface area (Å²) >= 11 is 0. The molecule has 0 bridgehead atoms. The molecule has 1 unspecified atom stereocenters. The second-order valence-electron chi connectivity index (χ2n) is 5.26. The number of benzene rings is 1. The Morgan fingerprint density at radius 2 is 2.05 bits per heavy atom. The molecule has 1 fully saturated rings. The largest absolute Gasteiger partial charge is 0.573 e. The minimum absolute atomic E-state index is 0.0837. The molecule has 1 aromatic rings. The van der Waals surface area contributed by atoms with Gasteiger partial charge in [-0.2, -0.15) is 0 Å². The fourth-order valence-corrected chi connectivity index (χ4v) is 2.38. The number of hydrogen-bond acceptors (Lipinski definition) is 4. The number of halogens is 3. The van der Waals surface area contributed by atoms with Crippen LogP contribution in [-0.2, 0) is 4.79 Å². The van der Waals surface area contributed by atoms with Gasteiger partial charge in [-0.3, -0.25) is 9.69 Å². The van der Waals surface area contributed by atoms with Crippen LogP contribution < -0.4 is 15.8 Å². The second-order valence-corrected chi connectivity index (χ2v) is 5.26. The lowest BCUT2D eigenvalue weighted by Gasteiger charge is -2.29. The van der Waals surface area contributed by atoms with Crippen LogP contribution in [0.4, 0.5) is 18.9 Å². The Morgan fingerprint density at radius 1 is 1.36 bits per heavy atom. The van der Waals surface area contributed by atoms with Crippen LogP contribution in [0.2, 0.25) is 0 Å². The first-order valence-corrected chi connectivity index (χ1v) is 6.95. The highest BCUT2D eigenvalue weighted by Crippen LogP contribution is 2.23. The van der Waals surface area contributed by atoms with Crippen molar-refractivity contribution in [3.05, 3.63) is 24.3 Å². The third-order valence-corrected chi connectivity index (χ3v) is 3.28. The molecule has 1 aliphatic rings. The zero-order valence-corrected chi connectivity index (χ0v) is 11.9. The zero-order chi connectivity index (χ0) is 16.2. The molecule has 0 aliphatic carbocycles. The Kier molecular flexibility index (Phi) is 5.25. The molecule has 1 heterocycles. The van der Waals surface area contributed by atoms with E-state index < -0.39 is 6.36 Å². The molecule has 0 spiro atoms. The number of likely N-dealkylation sites (tertiary alicyclic amines) is 1. The van der Waals surface area contributed by atoms with Crippen LogP contribution >= 0.6 is 0 Å². The SMILES string of the molecule is NC1CCCN(CC(=O)Nc2ccc(OC(F)(F)F)cc2)C1. The van der Waals surface area contributed by atoms with E-state index in [4.69, 9.17) is 5.73 Å². The van der Waals surface area contributed by atoms with Crippen molar-refractivity contribution < 1.29 is 22.7 Å². The molecule has 5 nitrogen and oxygen atoms in total. The highest BCUT2D eigenvalue weighted by molar-refractivity contribution is 5.92. The van der Waals surface area contributed by atoms with Crippen molar-refractivity contribution in [3.8, 4) is 5.75 Å². The highest BCUT2D eigenvalue weighted by atomic mass is 19.4. The number of rotatable bonds is 4. The number of nitrogens with one attached hydrogen (secondary N) is 1. The normalized spacial score (nSPS) is 19.7. The molecule has 2 rings (SSSR count). The van der Waals surface area contributed by atoms with Gasteiger partial charge in [0.05, 0.1) is 6.54 Å². The maximum absolute atomic E-state index is 12.0. The molecule has 0 saturated carbocycles. The van der Waals surface area contributed by atoms with Gasteiger partial charge < -0.3 is 15.8 Å². The smallest absolute Gasteiger partial charge is 0.406 e. The molecule has 0 radical (unpaired) electrons. The summed E-state index contributed by atoms with van der Waals surface area (Å²) in [5.41, 5.74) is 6.26. The number of carbonyl (C=O) groups excluding carboxylic acids is 1. The molecule has 122 valence electrons. The number of piperidine rings is 1. The third-order valence-electron chi connectivity index (χ3n) is 3.28. The standard InChI is InChI=1S/C14H18F3N3O2/c15-14(16,17)22-12-5-3-11(4-6-12)19-13(21)9-20-7-1-2-10(18)8-20/h3-6,10H,1-2,7-9,18H2,(H,19,21). The summed E-state index contributed by atoms with van der Waals surface area (Å²) in [4.78, 5) is 13.9. The van der Waals surface area contributed by atoms with Crippen LogP contribution in [0.3, 0.4) is 0 Å². The van der Waals surface area contributed by atoms with Crippen molar-refractivity contribution in [2.75, 3.05) is 25.0 Å². The predicted octanol–water partition coefficient (Wildman–Crippen LogP) is 1.95. The van der Waals surface area contributed by atoms with Gasteiger partial charge in [0.25, 0.3) is 0 Å². The van der Waals surface area contributed by atoms with Crippen molar-refractivity contribution >= 4 is 11.6 Å². The number of hydrogen-bond donors (Lipinski definition) is 2. The van der Waals surface area contributed by atoms with Crippen LogP contribution in [0.5, 0.6) is 5.75 Å². The van der Waals surface area contributed by atoms with Crippen LogP contribution in [0.15, 0.2) is 24.3 Å². The summed E-state index contributed by atoms with van der Waals surface area (Å²) in [6.45, 7) is 1.71. The summed E-state index contributed by atoms with van der Waals surface area (Å²) in [5, 5.41) is 2.64. The molecular weight excluding hydrogens is 299 g/mol. The topological polar surface area (TPSA) is 67.6 Å². The Labute approximate surface area is 126 Å². The minimum atomic E-state index is -4.72. The van der Waals surface area contributed by atoms with Gasteiger partial charge in [-0.25, -0.2) is 0 Å². The van der Waals surface area contributed by atoms with Crippen molar-refractivity contribution in [1.29, 1.82) is 0 Å². The number of carbonyl (C=O) groups is 1. The average molecular weight is 317 g/mol. The molecule has 1 saturated heterocycles. The molecule has 3 N–H and O–H groups in total. The van der Waals surface area contributed by atoms with Gasteiger partial charge in [0.15, 0.2) is 0 Å².